The van der Waals surface area contributed by atoms with Crippen LogP contribution in [0.25, 0.3) is 0 Å². The van der Waals surface area contributed by atoms with Gasteiger partial charge in [-0.3, -0.25) is 0 Å². The molecule has 1 atom stereocenters. The van der Waals surface area contributed by atoms with Crippen molar-refractivity contribution in [2.75, 3.05) is 0 Å². The third-order valence-corrected chi connectivity index (χ3v) is 3.19. The molecule has 1 saturated carbocycles. The Kier molecular flexibility index (Phi) is 2.24. The number of nitriles is 1. The minimum absolute atomic E-state index is 0.322. The number of rotatable bonds is 2. The van der Waals surface area contributed by atoms with E-state index >= 15 is 0 Å². The summed E-state index contributed by atoms with van der Waals surface area (Å²) in [7, 11) is 0. The molecule has 3 nitrogen and oxygen atoms in total. The van der Waals surface area contributed by atoms with E-state index in [9.17, 15) is 0 Å². The first-order valence-electron chi connectivity index (χ1n) is 4.80. The summed E-state index contributed by atoms with van der Waals surface area (Å²) in [5.41, 5.74) is 1.24. The molecule has 0 bridgehead atoms. The zero-order valence-electron chi connectivity index (χ0n) is 8.29. The first-order valence-corrected chi connectivity index (χ1v) is 5.17. The third-order valence-electron chi connectivity index (χ3n) is 2.83. The van der Waals surface area contributed by atoms with Crippen LogP contribution in [0, 0.1) is 24.2 Å². The summed E-state index contributed by atoms with van der Waals surface area (Å²) in [6, 6.07) is 2.41. The molecular weight excluding hydrogens is 198 g/mol. The second-order valence-corrected chi connectivity index (χ2v) is 4.24. The van der Waals surface area contributed by atoms with E-state index < -0.39 is 0 Å². The molecule has 0 spiro atoms. The van der Waals surface area contributed by atoms with Gasteiger partial charge in [-0.1, -0.05) is 11.6 Å². The normalized spacial score (nSPS) is 17.9. The van der Waals surface area contributed by atoms with Crippen LogP contribution >= 0.6 is 11.6 Å². The molecule has 0 N–H and O–H groups in total. The fraction of sp³-hybridized carbons (Fsp3) is 0.600. The zero-order valence-corrected chi connectivity index (χ0v) is 9.04. The molecule has 1 aliphatic carbocycles. The Labute approximate surface area is 88.3 Å². The van der Waals surface area contributed by atoms with Crippen LogP contribution in [-0.2, 0) is 0 Å². The Hall–Kier alpha value is -1.01. The molecule has 4 heteroatoms. The number of hydrogen-bond acceptors (Lipinski definition) is 2. The van der Waals surface area contributed by atoms with Gasteiger partial charge in [-0.15, -0.1) is 0 Å². The highest BCUT2D eigenvalue weighted by Gasteiger charge is 2.31. The molecule has 1 aliphatic rings. The van der Waals surface area contributed by atoms with Gasteiger partial charge in [0.05, 0.1) is 11.7 Å². The van der Waals surface area contributed by atoms with Crippen molar-refractivity contribution in [3.8, 4) is 6.07 Å². The third kappa shape index (κ3) is 1.40. The number of hydrogen-bond donors (Lipinski definition) is 0. The monoisotopic (exact) mass is 209 g/mol. The van der Waals surface area contributed by atoms with Gasteiger partial charge in [0, 0.05) is 0 Å². The Morgan fingerprint density at radius 2 is 2.29 bits per heavy atom. The second kappa shape index (κ2) is 3.29. The molecule has 1 fully saturated rings. The highest BCUT2D eigenvalue weighted by atomic mass is 35.5. The number of nitrogens with zero attached hydrogens (tertiary/aromatic N) is 3. The molecule has 0 saturated heterocycles. The van der Waals surface area contributed by atoms with Crippen LogP contribution in [-0.4, -0.2) is 9.78 Å². The summed E-state index contributed by atoms with van der Waals surface area (Å²) in [6.07, 6.45) is 2.50. The van der Waals surface area contributed by atoms with Crippen molar-refractivity contribution in [3.63, 3.8) is 0 Å². The Morgan fingerprint density at radius 3 is 2.71 bits per heavy atom. The predicted molar refractivity (Wildman–Crippen MR) is 54.1 cm³/mol. The van der Waals surface area contributed by atoms with E-state index in [0.717, 1.165) is 5.69 Å². The van der Waals surface area contributed by atoms with E-state index in [1.807, 2.05) is 6.92 Å². The summed E-state index contributed by atoms with van der Waals surface area (Å²) < 4.78 is 1.78. The molecule has 0 radical (unpaired) electrons. The molecule has 0 aliphatic heterocycles. The Bertz CT molecular complexity index is 398. The van der Waals surface area contributed by atoms with Crippen molar-refractivity contribution in [3.05, 3.63) is 16.4 Å². The molecular formula is C10H12ClN3. The molecule has 2 rings (SSSR count). The van der Waals surface area contributed by atoms with Crippen LogP contribution < -0.4 is 0 Å². The summed E-state index contributed by atoms with van der Waals surface area (Å²) in [5, 5.41) is 13.7. The molecule has 1 heterocycles. The van der Waals surface area contributed by atoms with Crippen LogP contribution in [0.3, 0.4) is 0 Å². The van der Waals surface area contributed by atoms with Gasteiger partial charge in [-0.05, 0) is 32.6 Å². The highest BCUT2D eigenvalue weighted by molar-refractivity contribution is 6.30. The lowest BCUT2D eigenvalue weighted by atomic mass is 10.2. The molecule has 1 aromatic heterocycles. The quantitative estimate of drug-likeness (QED) is 0.752. The number of halogens is 1. The Balaban J connectivity index is 2.39. The maximum atomic E-state index is 8.86. The maximum Gasteiger partial charge on any atom is 0.145 e. The lowest BCUT2D eigenvalue weighted by molar-refractivity contribution is 0.439. The van der Waals surface area contributed by atoms with Gasteiger partial charge in [0.1, 0.15) is 16.8 Å². The van der Waals surface area contributed by atoms with Gasteiger partial charge < -0.3 is 0 Å². The fourth-order valence-electron chi connectivity index (χ4n) is 1.69. The fourth-order valence-corrected chi connectivity index (χ4v) is 2.07. The van der Waals surface area contributed by atoms with Crippen LogP contribution in [0.1, 0.15) is 37.1 Å². The Morgan fingerprint density at radius 1 is 1.64 bits per heavy atom. The molecule has 0 amide bonds. The molecule has 1 unspecified atom stereocenters. The van der Waals surface area contributed by atoms with E-state index in [1.54, 1.807) is 4.68 Å². The number of aryl methyl sites for hydroxylation is 1. The van der Waals surface area contributed by atoms with Gasteiger partial charge in [-0.25, -0.2) is 4.68 Å². The average Bonchev–Trinajstić information content (AvgIpc) is 2.93. The standard InChI is InChI=1S/C10H12ClN3/c1-6-9(5-12)10(11)14(13-6)7(2)8-3-4-8/h7-8H,3-4H2,1-2H3. The minimum Gasteiger partial charge on any atom is -0.249 e. The smallest absolute Gasteiger partial charge is 0.145 e. The first-order chi connectivity index (χ1) is 6.65. The topological polar surface area (TPSA) is 41.6 Å². The summed E-state index contributed by atoms with van der Waals surface area (Å²) in [5.74, 6) is 0.693. The van der Waals surface area contributed by atoms with Crippen LogP contribution in [0.2, 0.25) is 5.15 Å². The van der Waals surface area contributed by atoms with Crippen LogP contribution in [0.5, 0.6) is 0 Å². The lowest BCUT2D eigenvalue weighted by Gasteiger charge is -2.11. The SMILES string of the molecule is Cc1nn(C(C)C2CC2)c(Cl)c1C#N. The van der Waals surface area contributed by atoms with Crippen LogP contribution in [0.15, 0.2) is 0 Å². The van der Waals surface area contributed by atoms with E-state index in [2.05, 4.69) is 18.1 Å². The molecule has 1 aromatic rings. The van der Waals surface area contributed by atoms with E-state index in [-0.39, 0.29) is 0 Å². The van der Waals surface area contributed by atoms with Crippen molar-refractivity contribution >= 4 is 11.6 Å². The number of aromatic nitrogens is 2. The largest absolute Gasteiger partial charge is 0.249 e. The van der Waals surface area contributed by atoms with Crippen molar-refractivity contribution in [2.45, 2.75) is 32.7 Å². The van der Waals surface area contributed by atoms with Gasteiger partial charge in [0.25, 0.3) is 0 Å². The van der Waals surface area contributed by atoms with Gasteiger partial charge in [0.2, 0.25) is 0 Å². The second-order valence-electron chi connectivity index (χ2n) is 3.89. The van der Waals surface area contributed by atoms with Crippen molar-refractivity contribution in [2.24, 2.45) is 5.92 Å². The molecule has 74 valence electrons. The summed E-state index contributed by atoms with van der Waals surface area (Å²) >= 11 is 6.07. The maximum absolute atomic E-state index is 8.86. The molecule has 14 heavy (non-hydrogen) atoms. The van der Waals surface area contributed by atoms with Gasteiger partial charge in [-0.2, -0.15) is 10.4 Å². The van der Waals surface area contributed by atoms with E-state index in [1.165, 1.54) is 12.8 Å². The van der Waals surface area contributed by atoms with Crippen molar-refractivity contribution in [1.82, 2.24) is 9.78 Å². The predicted octanol–water partition coefficient (Wildman–Crippen LogP) is 2.69. The van der Waals surface area contributed by atoms with Gasteiger partial charge >= 0.3 is 0 Å². The van der Waals surface area contributed by atoms with Gasteiger partial charge in [0.15, 0.2) is 0 Å². The minimum atomic E-state index is 0.322. The zero-order chi connectivity index (χ0) is 10.3. The summed E-state index contributed by atoms with van der Waals surface area (Å²) in [6.45, 7) is 3.93. The lowest BCUT2D eigenvalue weighted by Crippen LogP contribution is -2.09. The van der Waals surface area contributed by atoms with Crippen molar-refractivity contribution < 1.29 is 0 Å². The summed E-state index contributed by atoms with van der Waals surface area (Å²) in [4.78, 5) is 0. The van der Waals surface area contributed by atoms with E-state index in [4.69, 9.17) is 16.9 Å². The first kappa shape index (κ1) is 9.54. The average molecular weight is 210 g/mol. The van der Waals surface area contributed by atoms with Crippen LogP contribution in [0.4, 0.5) is 0 Å². The molecule has 0 aromatic carbocycles. The van der Waals surface area contributed by atoms with E-state index in [0.29, 0.717) is 22.7 Å². The highest BCUT2D eigenvalue weighted by Crippen LogP contribution is 2.40. The van der Waals surface area contributed by atoms with Crippen molar-refractivity contribution in [1.29, 1.82) is 5.26 Å².